The van der Waals surface area contributed by atoms with Crippen LogP contribution in [0.3, 0.4) is 0 Å². The lowest BCUT2D eigenvalue weighted by molar-refractivity contribution is 0.265. The molecule has 0 radical (unpaired) electrons. The number of hydrogen-bond acceptors (Lipinski definition) is 2. The second-order valence-electron chi connectivity index (χ2n) is 5.76. The highest BCUT2D eigenvalue weighted by Crippen LogP contribution is 2.21. The van der Waals surface area contributed by atoms with Gasteiger partial charge in [0.25, 0.3) is 0 Å². The minimum absolute atomic E-state index is 0.0774. The predicted molar refractivity (Wildman–Crippen MR) is 79.7 cm³/mol. The number of likely N-dealkylation sites (N-methyl/N-ethyl adjacent to an activating group) is 1. The van der Waals surface area contributed by atoms with Gasteiger partial charge in [-0.15, -0.1) is 0 Å². The van der Waals surface area contributed by atoms with Crippen LogP contribution < -0.4 is 5.32 Å². The molecule has 0 amide bonds. The highest BCUT2D eigenvalue weighted by molar-refractivity contribution is 5.21. The van der Waals surface area contributed by atoms with E-state index in [9.17, 15) is 4.39 Å². The molecule has 0 saturated heterocycles. The Morgan fingerprint density at radius 1 is 1.21 bits per heavy atom. The van der Waals surface area contributed by atoms with Crippen LogP contribution in [-0.2, 0) is 0 Å². The minimum atomic E-state index is -0.116. The van der Waals surface area contributed by atoms with Crippen LogP contribution in [0.4, 0.5) is 4.39 Å². The van der Waals surface area contributed by atoms with Crippen LogP contribution in [0, 0.1) is 11.7 Å². The first-order valence-electron chi connectivity index (χ1n) is 7.10. The summed E-state index contributed by atoms with van der Waals surface area (Å²) >= 11 is 0. The molecule has 0 fully saturated rings. The number of benzene rings is 1. The zero-order chi connectivity index (χ0) is 14.4. The van der Waals surface area contributed by atoms with Gasteiger partial charge in [-0.2, -0.15) is 0 Å². The number of rotatable bonds is 7. The number of nitrogens with one attached hydrogen (secondary N) is 1. The maximum atomic E-state index is 13.9. The van der Waals surface area contributed by atoms with Gasteiger partial charge >= 0.3 is 0 Å². The van der Waals surface area contributed by atoms with Gasteiger partial charge in [-0.05, 0) is 32.5 Å². The second kappa shape index (κ2) is 7.61. The summed E-state index contributed by atoms with van der Waals surface area (Å²) < 4.78 is 13.9. The van der Waals surface area contributed by atoms with Gasteiger partial charge in [-0.25, -0.2) is 4.39 Å². The van der Waals surface area contributed by atoms with Gasteiger partial charge in [-0.1, -0.05) is 39.0 Å². The van der Waals surface area contributed by atoms with Crippen molar-refractivity contribution in [3.63, 3.8) is 0 Å². The Balaban J connectivity index is 2.82. The molecule has 19 heavy (non-hydrogen) atoms. The molecule has 0 heterocycles. The summed E-state index contributed by atoms with van der Waals surface area (Å²) in [7, 11) is 4.14. The van der Waals surface area contributed by atoms with E-state index in [1.165, 1.54) is 6.07 Å². The summed E-state index contributed by atoms with van der Waals surface area (Å²) in [5.41, 5.74) is 0.773. The highest BCUT2D eigenvalue weighted by Gasteiger charge is 2.20. The van der Waals surface area contributed by atoms with E-state index < -0.39 is 0 Å². The van der Waals surface area contributed by atoms with Gasteiger partial charge in [0.15, 0.2) is 0 Å². The fourth-order valence-electron chi connectivity index (χ4n) is 2.29. The van der Waals surface area contributed by atoms with E-state index in [2.05, 4.69) is 45.1 Å². The lowest BCUT2D eigenvalue weighted by Crippen LogP contribution is -2.43. The zero-order valence-corrected chi connectivity index (χ0v) is 12.8. The van der Waals surface area contributed by atoms with E-state index in [0.717, 1.165) is 18.5 Å². The standard InChI is InChI=1S/C16H27FN2/c1-6-15(13-9-7-8-10-14(13)17)18-16(12(2)3)11-19(4)5/h7-10,12,15-16,18H,6,11H2,1-5H3. The molecule has 0 aromatic heterocycles. The smallest absolute Gasteiger partial charge is 0.127 e. The van der Waals surface area contributed by atoms with Gasteiger partial charge < -0.3 is 10.2 Å². The Bertz CT molecular complexity index is 377. The van der Waals surface area contributed by atoms with Gasteiger partial charge in [0.05, 0.1) is 0 Å². The molecule has 0 aliphatic rings. The molecule has 0 aliphatic carbocycles. The summed E-state index contributed by atoms with van der Waals surface area (Å²) in [5, 5.41) is 3.61. The average molecular weight is 266 g/mol. The highest BCUT2D eigenvalue weighted by atomic mass is 19.1. The molecule has 2 atom stereocenters. The van der Waals surface area contributed by atoms with Crippen molar-refractivity contribution in [2.24, 2.45) is 5.92 Å². The van der Waals surface area contributed by atoms with Crippen LogP contribution in [0.25, 0.3) is 0 Å². The molecule has 1 aromatic rings. The molecular weight excluding hydrogens is 239 g/mol. The Morgan fingerprint density at radius 2 is 1.84 bits per heavy atom. The Labute approximate surface area is 117 Å². The minimum Gasteiger partial charge on any atom is -0.308 e. The molecule has 3 heteroatoms. The molecule has 2 nitrogen and oxygen atoms in total. The molecule has 2 unspecified atom stereocenters. The van der Waals surface area contributed by atoms with Crippen molar-refractivity contribution in [3.8, 4) is 0 Å². The molecule has 0 bridgehead atoms. The Kier molecular flexibility index (Phi) is 6.46. The quantitative estimate of drug-likeness (QED) is 0.813. The number of hydrogen-bond donors (Lipinski definition) is 1. The van der Waals surface area contributed by atoms with E-state index in [-0.39, 0.29) is 11.9 Å². The third-order valence-electron chi connectivity index (χ3n) is 3.47. The normalized spacial score (nSPS) is 14.9. The molecule has 0 spiro atoms. The van der Waals surface area contributed by atoms with E-state index in [1.807, 2.05) is 12.1 Å². The third-order valence-corrected chi connectivity index (χ3v) is 3.47. The molecule has 0 saturated carbocycles. The third kappa shape index (κ3) is 4.92. The van der Waals surface area contributed by atoms with E-state index in [1.54, 1.807) is 6.07 Å². The Hall–Kier alpha value is -0.930. The van der Waals surface area contributed by atoms with Crippen molar-refractivity contribution in [2.45, 2.75) is 39.3 Å². The fraction of sp³-hybridized carbons (Fsp3) is 0.625. The van der Waals surface area contributed by atoms with Crippen LogP contribution in [-0.4, -0.2) is 31.6 Å². The van der Waals surface area contributed by atoms with Crippen molar-refractivity contribution < 1.29 is 4.39 Å². The SMILES string of the molecule is CCC(NC(CN(C)C)C(C)C)c1ccccc1F. The van der Waals surface area contributed by atoms with Gasteiger partial charge in [0.1, 0.15) is 5.82 Å². The summed E-state index contributed by atoms with van der Waals surface area (Å²) in [4.78, 5) is 2.17. The largest absolute Gasteiger partial charge is 0.308 e. The van der Waals surface area contributed by atoms with Crippen molar-refractivity contribution in [1.82, 2.24) is 10.2 Å². The van der Waals surface area contributed by atoms with Crippen LogP contribution in [0.1, 0.15) is 38.8 Å². The average Bonchev–Trinajstić information content (AvgIpc) is 2.35. The lowest BCUT2D eigenvalue weighted by Gasteiger charge is -2.30. The Morgan fingerprint density at radius 3 is 2.32 bits per heavy atom. The molecule has 1 aromatic carbocycles. The van der Waals surface area contributed by atoms with Gasteiger partial charge in [0, 0.05) is 24.2 Å². The maximum Gasteiger partial charge on any atom is 0.127 e. The maximum absolute atomic E-state index is 13.9. The van der Waals surface area contributed by atoms with Gasteiger partial charge in [0.2, 0.25) is 0 Å². The van der Waals surface area contributed by atoms with E-state index in [0.29, 0.717) is 12.0 Å². The van der Waals surface area contributed by atoms with E-state index in [4.69, 9.17) is 0 Å². The van der Waals surface area contributed by atoms with Crippen molar-refractivity contribution >= 4 is 0 Å². The molecule has 0 aliphatic heterocycles. The number of halogens is 1. The molecule has 1 rings (SSSR count). The van der Waals surface area contributed by atoms with Crippen molar-refractivity contribution in [2.75, 3.05) is 20.6 Å². The summed E-state index contributed by atoms with van der Waals surface area (Å²) in [6.07, 6.45) is 0.886. The molecular formula is C16H27FN2. The monoisotopic (exact) mass is 266 g/mol. The zero-order valence-electron chi connectivity index (χ0n) is 12.8. The first-order chi connectivity index (χ1) is 8.95. The second-order valence-corrected chi connectivity index (χ2v) is 5.76. The topological polar surface area (TPSA) is 15.3 Å². The molecule has 1 N–H and O–H groups in total. The van der Waals surface area contributed by atoms with Crippen LogP contribution in [0.5, 0.6) is 0 Å². The van der Waals surface area contributed by atoms with E-state index >= 15 is 0 Å². The van der Waals surface area contributed by atoms with Gasteiger partial charge in [-0.3, -0.25) is 0 Å². The van der Waals surface area contributed by atoms with Crippen LogP contribution >= 0.6 is 0 Å². The van der Waals surface area contributed by atoms with Crippen LogP contribution in [0.15, 0.2) is 24.3 Å². The first kappa shape index (κ1) is 16.1. The van der Waals surface area contributed by atoms with Crippen LogP contribution in [0.2, 0.25) is 0 Å². The predicted octanol–water partition coefficient (Wildman–Crippen LogP) is 3.45. The lowest BCUT2D eigenvalue weighted by atomic mass is 9.98. The van der Waals surface area contributed by atoms with Crippen molar-refractivity contribution in [3.05, 3.63) is 35.6 Å². The fourth-order valence-corrected chi connectivity index (χ4v) is 2.29. The summed E-state index contributed by atoms with van der Waals surface area (Å²) in [5.74, 6) is 0.400. The summed E-state index contributed by atoms with van der Waals surface area (Å²) in [6.45, 7) is 7.46. The molecule has 108 valence electrons. The van der Waals surface area contributed by atoms with Crippen molar-refractivity contribution in [1.29, 1.82) is 0 Å². The number of nitrogens with zero attached hydrogens (tertiary/aromatic N) is 1. The summed E-state index contributed by atoms with van der Waals surface area (Å²) in [6, 6.07) is 7.50. The first-order valence-corrected chi connectivity index (χ1v) is 7.10.